The zero-order valence-corrected chi connectivity index (χ0v) is 9.78. The highest BCUT2D eigenvalue weighted by atomic mass is 32.2. The van der Waals surface area contributed by atoms with Crippen molar-refractivity contribution in [1.82, 2.24) is 5.32 Å². The van der Waals surface area contributed by atoms with Gasteiger partial charge < -0.3 is 20.6 Å². The maximum Gasteiger partial charge on any atom is 0.301 e. The van der Waals surface area contributed by atoms with Crippen LogP contribution in [0.25, 0.3) is 0 Å². The summed E-state index contributed by atoms with van der Waals surface area (Å²) in [7, 11) is 0. The van der Waals surface area contributed by atoms with Crippen LogP contribution in [0.3, 0.4) is 0 Å². The van der Waals surface area contributed by atoms with E-state index in [0.717, 1.165) is 0 Å². The lowest BCUT2D eigenvalue weighted by Gasteiger charge is -2.27. The Morgan fingerprint density at radius 3 is 2.19 bits per heavy atom. The minimum absolute atomic E-state index is 0.139. The fourth-order valence-electron chi connectivity index (χ4n) is 0.999. The topological polar surface area (TPSA) is 119 Å². The second-order valence-corrected chi connectivity index (χ2v) is 4.21. The molecular formula is C8H19NO6S. The van der Waals surface area contributed by atoms with Crippen molar-refractivity contribution in [2.24, 2.45) is 5.41 Å². The molecular weight excluding hydrogens is 238 g/mol. The van der Waals surface area contributed by atoms with Gasteiger partial charge in [-0.05, 0) is 13.0 Å². The standard InChI is InChI=1S/C8H19NO6S/c10-5-8(6-11,7-12)4-9-2-1-3-15-16(13)14/h9-12H,1-7H2,(H,13,14). The minimum atomic E-state index is -2.24. The summed E-state index contributed by atoms with van der Waals surface area (Å²) >= 11 is -2.24. The Balaban J connectivity index is 3.59. The first-order chi connectivity index (χ1) is 7.60. The lowest BCUT2D eigenvalue weighted by atomic mass is 9.91. The molecule has 0 bridgehead atoms. The third-order valence-corrected chi connectivity index (χ3v) is 2.56. The minimum Gasteiger partial charge on any atom is -0.396 e. The number of aliphatic hydroxyl groups is 3. The van der Waals surface area contributed by atoms with E-state index in [0.29, 0.717) is 13.0 Å². The molecule has 7 nitrogen and oxygen atoms in total. The molecule has 0 radical (unpaired) electrons. The predicted octanol–water partition coefficient (Wildman–Crippen LogP) is -1.92. The smallest absolute Gasteiger partial charge is 0.301 e. The quantitative estimate of drug-likeness (QED) is 0.229. The number of rotatable bonds is 10. The Hall–Kier alpha value is -0.0900. The van der Waals surface area contributed by atoms with E-state index in [2.05, 4.69) is 9.50 Å². The number of hydrogen-bond donors (Lipinski definition) is 5. The van der Waals surface area contributed by atoms with Gasteiger partial charge in [-0.3, -0.25) is 8.74 Å². The van der Waals surface area contributed by atoms with E-state index in [1.165, 1.54) is 0 Å². The van der Waals surface area contributed by atoms with Crippen LogP contribution in [0.4, 0.5) is 0 Å². The molecule has 0 aromatic heterocycles. The fourth-order valence-corrected chi connectivity index (χ4v) is 1.26. The van der Waals surface area contributed by atoms with Crippen LogP contribution in [0.1, 0.15) is 6.42 Å². The van der Waals surface area contributed by atoms with Gasteiger partial charge in [0, 0.05) is 6.54 Å². The zero-order valence-electron chi connectivity index (χ0n) is 8.96. The fraction of sp³-hybridized carbons (Fsp3) is 1.00. The monoisotopic (exact) mass is 257 g/mol. The molecule has 0 amide bonds. The molecule has 5 N–H and O–H groups in total. The van der Waals surface area contributed by atoms with Gasteiger partial charge in [-0.1, -0.05) is 0 Å². The van der Waals surface area contributed by atoms with Crippen molar-refractivity contribution in [1.29, 1.82) is 0 Å². The molecule has 0 spiro atoms. The highest BCUT2D eigenvalue weighted by Gasteiger charge is 2.27. The molecule has 0 aliphatic rings. The highest BCUT2D eigenvalue weighted by Crippen LogP contribution is 2.12. The summed E-state index contributed by atoms with van der Waals surface area (Å²) in [5, 5.41) is 29.9. The Kier molecular flexibility index (Phi) is 8.94. The number of nitrogens with one attached hydrogen (secondary N) is 1. The van der Waals surface area contributed by atoms with Gasteiger partial charge in [-0.25, -0.2) is 0 Å². The van der Waals surface area contributed by atoms with Crippen LogP contribution in [0.15, 0.2) is 0 Å². The molecule has 0 heterocycles. The first-order valence-electron chi connectivity index (χ1n) is 4.87. The Morgan fingerprint density at radius 2 is 1.75 bits per heavy atom. The Labute approximate surface area is 96.9 Å². The van der Waals surface area contributed by atoms with E-state index in [1.54, 1.807) is 0 Å². The molecule has 0 fully saturated rings. The summed E-state index contributed by atoms with van der Waals surface area (Å²) in [6.07, 6.45) is 0.519. The van der Waals surface area contributed by atoms with Gasteiger partial charge >= 0.3 is 11.4 Å². The van der Waals surface area contributed by atoms with Crippen molar-refractivity contribution in [3.05, 3.63) is 0 Å². The second-order valence-electron chi connectivity index (χ2n) is 3.54. The maximum atomic E-state index is 10.1. The first-order valence-corrected chi connectivity index (χ1v) is 5.91. The summed E-state index contributed by atoms with van der Waals surface area (Å²) in [5.74, 6) is 0. The average molecular weight is 257 g/mol. The van der Waals surface area contributed by atoms with Crippen LogP contribution in [0.2, 0.25) is 0 Å². The van der Waals surface area contributed by atoms with E-state index in [9.17, 15) is 4.21 Å². The molecule has 8 heteroatoms. The number of aliphatic hydroxyl groups excluding tert-OH is 3. The number of hydrogen-bond acceptors (Lipinski definition) is 6. The molecule has 98 valence electrons. The summed E-state index contributed by atoms with van der Waals surface area (Å²) in [6.45, 7) is -0.0450. The molecule has 0 aliphatic carbocycles. The van der Waals surface area contributed by atoms with E-state index >= 15 is 0 Å². The summed E-state index contributed by atoms with van der Waals surface area (Å²) in [6, 6.07) is 0. The van der Waals surface area contributed by atoms with Crippen LogP contribution in [0, 0.1) is 5.41 Å². The van der Waals surface area contributed by atoms with Gasteiger partial charge in [-0.15, -0.1) is 0 Å². The van der Waals surface area contributed by atoms with Crippen LogP contribution in [-0.4, -0.2) is 63.6 Å². The normalized spacial score (nSPS) is 14.0. The van der Waals surface area contributed by atoms with Gasteiger partial charge in [0.05, 0.1) is 31.8 Å². The lowest BCUT2D eigenvalue weighted by Crippen LogP contribution is -2.43. The third-order valence-electron chi connectivity index (χ3n) is 2.19. The van der Waals surface area contributed by atoms with Gasteiger partial charge in [-0.2, -0.15) is 4.21 Å². The molecule has 1 atom stereocenters. The van der Waals surface area contributed by atoms with E-state index in [1.807, 2.05) is 0 Å². The largest absolute Gasteiger partial charge is 0.396 e. The lowest BCUT2D eigenvalue weighted by molar-refractivity contribution is 0.00643. The summed E-state index contributed by atoms with van der Waals surface area (Å²) in [4.78, 5) is 0. The summed E-state index contributed by atoms with van der Waals surface area (Å²) < 4.78 is 22.8. The van der Waals surface area contributed by atoms with Gasteiger partial charge in [0.25, 0.3) is 0 Å². The van der Waals surface area contributed by atoms with Crippen molar-refractivity contribution >= 4 is 11.4 Å². The van der Waals surface area contributed by atoms with Gasteiger partial charge in [0.2, 0.25) is 0 Å². The molecule has 1 unspecified atom stereocenters. The molecule has 0 saturated heterocycles. The molecule has 0 aromatic rings. The van der Waals surface area contributed by atoms with Crippen LogP contribution >= 0.6 is 0 Å². The van der Waals surface area contributed by atoms with E-state index < -0.39 is 16.8 Å². The SMILES string of the molecule is O=S(O)OCCCNCC(CO)(CO)CO. The average Bonchev–Trinajstić information content (AvgIpc) is 2.29. The van der Waals surface area contributed by atoms with Crippen molar-refractivity contribution < 1.29 is 28.3 Å². The van der Waals surface area contributed by atoms with Gasteiger partial charge in [0.1, 0.15) is 0 Å². The molecule has 0 aliphatic heterocycles. The van der Waals surface area contributed by atoms with Crippen molar-refractivity contribution in [2.75, 3.05) is 39.5 Å². The molecule has 0 rings (SSSR count). The summed E-state index contributed by atoms with van der Waals surface area (Å²) in [5.41, 5.74) is -0.930. The third kappa shape index (κ3) is 6.48. The van der Waals surface area contributed by atoms with Crippen molar-refractivity contribution in [3.63, 3.8) is 0 Å². The second kappa shape index (κ2) is 8.99. The Bertz CT molecular complexity index is 191. The zero-order chi connectivity index (χ0) is 12.4. The van der Waals surface area contributed by atoms with Crippen LogP contribution < -0.4 is 5.32 Å². The van der Waals surface area contributed by atoms with Crippen molar-refractivity contribution in [3.8, 4) is 0 Å². The van der Waals surface area contributed by atoms with E-state index in [-0.39, 0.29) is 33.0 Å². The predicted molar refractivity (Wildman–Crippen MR) is 57.9 cm³/mol. The van der Waals surface area contributed by atoms with Crippen molar-refractivity contribution in [2.45, 2.75) is 6.42 Å². The molecule has 16 heavy (non-hydrogen) atoms. The maximum absolute atomic E-state index is 10.1. The molecule has 0 aromatic carbocycles. The Morgan fingerprint density at radius 1 is 1.19 bits per heavy atom. The highest BCUT2D eigenvalue weighted by molar-refractivity contribution is 7.74. The van der Waals surface area contributed by atoms with Gasteiger partial charge in [0.15, 0.2) is 0 Å². The first kappa shape index (κ1) is 15.9. The van der Waals surface area contributed by atoms with Crippen LogP contribution in [-0.2, 0) is 15.5 Å². The molecule has 0 saturated carbocycles. The van der Waals surface area contributed by atoms with E-state index in [4.69, 9.17) is 19.9 Å². The van der Waals surface area contributed by atoms with Crippen LogP contribution in [0.5, 0.6) is 0 Å².